The first kappa shape index (κ1) is 21.3. The molecule has 3 aromatic heterocycles. The zero-order chi connectivity index (χ0) is 21.3. The molecule has 0 radical (unpaired) electrons. The monoisotopic (exact) mass is 395 g/mol. The number of pyridine rings is 2. The number of ether oxygens (including phenoxy) is 2. The van der Waals surface area contributed by atoms with Gasteiger partial charge in [0.1, 0.15) is 0 Å². The Balaban J connectivity index is 2.18. The van der Waals surface area contributed by atoms with Gasteiger partial charge in [-0.2, -0.15) is 0 Å². The minimum atomic E-state index is 0.268. The van der Waals surface area contributed by atoms with Crippen LogP contribution in [0.15, 0.2) is 24.4 Å². The van der Waals surface area contributed by atoms with E-state index >= 15 is 0 Å². The van der Waals surface area contributed by atoms with Crippen LogP contribution in [0.5, 0.6) is 5.88 Å². The van der Waals surface area contributed by atoms with E-state index in [1.54, 1.807) is 14.2 Å². The van der Waals surface area contributed by atoms with E-state index < -0.39 is 0 Å². The van der Waals surface area contributed by atoms with Crippen LogP contribution in [0.4, 0.5) is 0 Å². The van der Waals surface area contributed by atoms with Crippen LogP contribution in [0.25, 0.3) is 22.3 Å². The summed E-state index contributed by atoms with van der Waals surface area (Å²) in [5.74, 6) is 1.43. The van der Waals surface area contributed by atoms with Gasteiger partial charge >= 0.3 is 0 Å². The molecule has 3 aromatic rings. The van der Waals surface area contributed by atoms with E-state index in [9.17, 15) is 0 Å². The second-order valence-corrected chi connectivity index (χ2v) is 8.46. The highest BCUT2D eigenvalue weighted by Crippen LogP contribution is 2.35. The summed E-state index contributed by atoms with van der Waals surface area (Å²) in [6, 6.07) is 6.64. The van der Waals surface area contributed by atoms with E-state index in [1.165, 1.54) is 0 Å². The molecule has 3 heterocycles. The summed E-state index contributed by atoms with van der Waals surface area (Å²) in [5.41, 5.74) is 7.30. The van der Waals surface area contributed by atoms with Crippen molar-refractivity contribution in [2.24, 2.45) is 5.92 Å². The molecule has 0 bridgehead atoms. The van der Waals surface area contributed by atoms with Gasteiger partial charge in [0.15, 0.2) is 0 Å². The third-order valence-corrected chi connectivity index (χ3v) is 5.56. The normalized spacial score (nSPS) is 12.9. The molecule has 0 saturated heterocycles. The number of nitrogens with zero attached hydrogens (tertiary/aromatic N) is 3. The summed E-state index contributed by atoms with van der Waals surface area (Å²) in [4.78, 5) is 9.78. The maximum atomic E-state index is 5.62. The molecule has 5 heteroatoms. The maximum absolute atomic E-state index is 5.62. The van der Waals surface area contributed by atoms with E-state index in [2.05, 4.69) is 70.5 Å². The fourth-order valence-electron chi connectivity index (χ4n) is 3.85. The van der Waals surface area contributed by atoms with Crippen molar-refractivity contribution < 1.29 is 9.47 Å². The fraction of sp³-hybridized carbons (Fsp3) is 0.500. The maximum Gasteiger partial charge on any atom is 0.222 e. The predicted octanol–water partition coefficient (Wildman–Crippen LogP) is 5.69. The van der Waals surface area contributed by atoms with Crippen LogP contribution in [0.1, 0.15) is 56.5 Å². The zero-order valence-electron chi connectivity index (χ0n) is 18.9. The molecule has 156 valence electrons. The summed E-state index contributed by atoms with van der Waals surface area (Å²) in [6.07, 6.45) is 2.20. The molecule has 0 fully saturated rings. The van der Waals surface area contributed by atoms with E-state index in [0.717, 1.165) is 39.1 Å². The van der Waals surface area contributed by atoms with Crippen molar-refractivity contribution in [2.45, 2.75) is 53.5 Å². The first-order chi connectivity index (χ1) is 13.8. The van der Waals surface area contributed by atoms with Crippen LogP contribution in [0.3, 0.4) is 0 Å². The van der Waals surface area contributed by atoms with Crippen LogP contribution >= 0.6 is 0 Å². The first-order valence-electron chi connectivity index (χ1n) is 10.3. The first-order valence-corrected chi connectivity index (χ1v) is 10.3. The Kier molecular flexibility index (Phi) is 6.27. The Morgan fingerprint density at radius 2 is 1.72 bits per heavy atom. The number of hydrogen-bond donors (Lipinski definition) is 0. The molecule has 0 unspecified atom stereocenters. The van der Waals surface area contributed by atoms with Gasteiger partial charge in [0, 0.05) is 19.0 Å². The lowest BCUT2D eigenvalue weighted by molar-refractivity contribution is 0.135. The van der Waals surface area contributed by atoms with E-state index in [0.29, 0.717) is 24.3 Å². The molecule has 29 heavy (non-hydrogen) atoms. The summed E-state index contributed by atoms with van der Waals surface area (Å²) in [5, 5.41) is 0. The van der Waals surface area contributed by atoms with E-state index in [4.69, 9.17) is 19.4 Å². The van der Waals surface area contributed by atoms with Gasteiger partial charge in [0.2, 0.25) is 5.88 Å². The number of fused-ring (bicyclic) bond motifs is 1. The van der Waals surface area contributed by atoms with Gasteiger partial charge in [-0.1, -0.05) is 27.7 Å². The number of hydrogen-bond acceptors (Lipinski definition) is 4. The predicted molar refractivity (Wildman–Crippen MR) is 119 cm³/mol. The smallest absolute Gasteiger partial charge is 0.222 e. The lowest BCUT2D eigenvalue weighted by atomic mass is 10.0. The summed E-state index contributed by atoms with van der Waals surface area (Å²) < 4.78 is 13.4. The van der Waals surface area contributed by atoms with Crippen LogP contribution in [-0.2, 0) is 4.74 Å². The van der Waals surface area contributed by atoms with Gasteiger partial charge in [-0.25, -0.2) is 9.97 Å². The Morgan fingerprint density at radius 3 is 2.31 bits per heavy atom. The molecule has 0 spiro atoms. The van der Waals surface area contributed by atoms with Gasteiger partial charge in [-0.3, -0.25) is 0 Å². The highest BCUT2D eigenvalue weighted by molar-refractivity contribution is 5.85. The minimum Gasteiger partial charge on any atom is -0.480 e. The molecule has 0 aliphatic heterocycles. The molecular formula is C24H33N3O2. The second kappa shape index (κ2) is 8.54. The van der Waals surface area contributed by atoms with Gasteiger partial charge in [0.05, 0.1) is 42.0 Å². The average Bonchev–Trinajstić information content (AvgIpc) is 2.99. The van der Waals surface area contributed by atoms with Gasteiger partial charge in [-0.05, 0) is 55.0 Å². The van der Waals surface area contributed by atoms with E-state index in [1.807, 2.05) is 0 Å². The Bertz CT molecular complexity index is 1010. The lowest BCUT2D eigenvalue weighted by Crippen LogP contribution is -2.19. The standard InChI is InChI=1S/C24H33N3O2/c1-14(2)19-10-9-18(24(25-19)29-8)22-16(5)11-20-23(26-22)17(6)12-27(20)21(13-28-7)15(3)4/h9-12,14-15,21H,13H2,1-8H3/t21-/m1/s1. The SMILES string of the molecule is COC[C@H](C(C)C)n1cc(C)c2nc(-c3ccc(C(C)C)nc3OC)c(C)cc21. The molecule has 3 rings (SSSR count). The summed E-state index contributed by atoms with van der Waals surface area (Å²) in [7, 11) is 3.43. The van der Waals surface area contributed by atoms with Crippen molar-refractivity contribution in [2.75, 3.05) is 20.8 Å². The van der Waals surface area contributed by atoms with Gasteiger partial charge < -0.3 is 14.0 Å². The van der Waals surface area contributed by atoms with Gasteiger partial charge in [-0.15, -0.1) is 0 Å². The van der Waals surface area contributed by atoms with Crippen molar-refractivity contribution >= 4 is 11.0 Å². The molecule has 0 saturated carbocycles. The topological polar surface area (TPSA) is 49.2 Å². The van der Waals surface area contributed by atoms with Gasteiger partial charge in [0.25, 0.3) is 0 Å². The molecule has 1 atom stereocenters. The Labute approximate surface area is 174 Å². The van der Waals surface area contributed by atoms with Crippen molar-refractivity contribution in [1.82, 2.24) is 14.5 Å². The Hall–Kier alpha value is -2.40. The highest BCUT2D eigenvalue weighted by atomic mass is 16.5. The molecule has 0 aromatic carbocycles. The zero-order valence-corrected chi connectivity index (χ0v) is 18.9. The lowest BCUT2D eigenvalue weighted by Gasteiger charge is -2.23. The fourth-order valence-corrected chi connectivity index (χ4v) is 3.85. The van der Waals surface area contributed by atoms with E-state index in [-0.39, 0.29) is 6.04 Å². The van der Waals surface area contributed by atoms with Crippen LogP contribution in [-0.4, -0.2) is 35.4 Å². The number of rotatable bonds is 7. The van der Waals surface area contributed by atoms with Crippen molar-refractivity contribution in [3.05, 3.63) is 41.2 Å². The summed E-state index contributed by atoms with van der Waals surface area (Å²) in [6.45, 7) is 13.6. The van der Waals surface area contributed by atoms with Crippen LogP contribution in [0.2, 0.25) is 0 Å². The largest absolute Gasteiger partial charge is 0.480 e. The van der Waals surface area contributed by atoms with Crippen molar-refractivity contribution in [3.8, 4) is 17.1 Å². The van der Waals surface area contributed by atoms with Crippen molar-refractivity contribution in [1.29, 1.82) is 0 Å². The second-order valence-electron chi connectivity index (χ2n) is 8.46. The van der Waals surface area contributed by atoms with Crippen molar-refractivity contribution in [3.63, 3.8) is 0 Å². The minimum absolute atomic E-state index is 0.268. The third-order valence-electron chi connectivity index (χ3n) is 5.56. The van der Waals surface area contributed by atoms with Crippen LogP contribution < -0.4 is 4.74 Å². The molecule has 0 N–H and O–H groups in total. The molecule has 0 aliphatic carbocycles. The Morgan fingerprint density at radius 1 is 1.00 bits per heavy atom. The highest BCUT2D eigenvalue weighted by Gasteiger charge is 2.21. The molecule has 5 nitrogen and oxygen atoms in total. The molecule has 0 aliphatic rings. The van der Waals surface area contributed by atoms with Crippen LogP contribution in [0, 0.1) is 19.8 Å². The number of methoxy groups -OCH3 is 2. The number of aryl methyl sites for hydroxylation is 2. The average molecular weight is 396 g/mol. The molecule has 0 amide bonds. The summed E-state index contributed by atoms with van der Waals surface area (Å²) >= 11 is 0. The number of aromatic nitrogens is 3. The quantitative estimate of drug-likeness (QED) is 0.515. The third kappa shape index (κ3) is 4.01. The molecular weight excluding hydrogens is 362 g/mol.